The van der Waals surface area contributed by atoms with Gasteiger partial charge in [-0.25, -0.2) is 9.97 Å². The van der Waals surface area contributed by atoms with Crippen LogP contribution in [0.3, 0.4) is 0 Å². The molecule has 0 radical (unpaired) electrons. The van der Waals surface area contributed by atoms with Gasteiger partial charge >= 0.3 is 6.01 Å². The van der Waals surface area contributed by atoms with Gasteiger partial charge in [0.05, 0.1) is 24.7 Å². The van der Waals surface area contributed by atoms with Crippen LogP contribution in [0, 0.1) is 6.92 Å². The van der Waals surface area contributed by atoms with Crippen molar-refractivity contribution in [3.05, 3.63) is 35.7 Å². The first-order valence-corrected chi connectivity index (χ1v) is 6.70. The molecular weight excluding hydrogens is 254 g/mol. The summed E-state index contributed by atoms with van der Waals surface area (Å²) in [5.41, 5.74) is 8.59. The molecule has 102 valence electrons. The van der Waals surface area contributed by atoms with E-state index in [1.807, 2.05) is 12.1 Å². The van der Waals surface area contributed by atoms with Crippen molar-refractivity contribution in [1.29, 1.82) is 0 Å². The molecule has 1 fully saturated rings. The first-order chi connectivity index (χ1) is 9.68. The van der Waals surface area contributed by atoms with Crippen molar-refractivity contribution < 1.29 is 9.47 Å². The molecule has 1 aromatic carbocycles. The van der Waals surface area contributed by atoms with Gasteiger partial charge in [0.1, 0.15) is 11.5 Å². The van der Waals surface area contributed by atoms with E-state index in [1.165, 1.54) is 5.56 Å². The number of hydrogen-bond donors (Lipinski definition) is 1. The van der Waals surface area contributed by atoms with Crippen molar-refractivity contribution in [2.45, 2.75) is 25.2 Å². The second-order valence-corrected chi connectivity index (χ2v) is 5.55. The Labute approximate surface area is 116 Å². The Morgan fingerprint density at radius 3 is 2.70 bits per heavy atom. The van der Waals surface area contributed by atoms with E-state index in [-0.39, 0.29) is 5.41 Å². The average Bonchev–Trinajstić information content (AvgIpc) is 3.11. The highest BCUT2D eigenvalue weighted by molar-refractivity contribution is 5.59. The molecule has 2 N–H and O–H groups in total. The second-order valence-electron chi connectivity index (χ2n) is 5.55. The highest BCUT2D eigenvalue weighted by atomic mass is 16.5. The van der Waals surface area contributed by atoms with Crippen molar-refractivity contribution in [2.75, 3.05) is 12.3 Å². The van der Waals surface area contributed by atoms with E-state index < -0.39 is 0 Å². The number of ether oxygens (including phenoxy) is 2. The summed E-state index contributed by atoms with van der Waals surface area (Å²) in [5.74, 6) is 1.76. The third-order valence-corrected chi connectivity index (χ3v) is 4.04. The summed E-state index contributed by atoms with van der Waals surface area (Å²) in [7, 11) is 0. The molecule has 1 aliphatic heterocycles. The van der Waals surface area contributed by atoms with Crippen LogP contribution in [0.5, 0.6) is 17.5 Å². The number of hydrogen-bond acceptors (Lipinski definition) is 5. The Morgan fingerprint density at radius 1 is 1.25 bits per heavy atom. The topological polar surface area (TPSA) is 70.3 Å². The molecule has 1 saturated carbocycles. The van der Waals surface area contributed by atoms with E-state index in [0.29, 0.717) is 11.7 Å². The molecule has 0 bridgehead atoms. The van der Waals surface area contributed by atoms with Crippen LogP contribution in [0.2, 0.25) is 0 Å². The normalized spacial score (nSPS) is 17.6. The highest BCUT2D eigenvalue weighted by Gasteiger charge is 2.53. The molecule has 2 heterocycles. The minimum atomic E-state index is 0.157. The van der Waals surface area contributed by atoms with Crippen LogP contribution in [0.4, 0.5) is 5.69 Å². The van der Waals surface area contributed by atoms with Crippen molar-refractivity contribution in [3.63, 3.8) is 0 Å². The Kier molecular flexibility index (Phi) is 2.22. The predicted octanol–water partition coefficient (Wildman–Crippen LogP) is 2.58. The van der Waals surface area contributed by atoms with Gasteiger partial charge in [0.15, 0.2) is 0 Å². The first kappa shape index (κ1) is 11.5. The van der Waals surface area contributed by atoms with Crippen LogP contribution in [0.25, 0.3) is 0 Å². The van der Waals surface area contributed by atoms with E-state index in [9.17, 15) is 0 Å². The van der Waals surface area contributed by atoms with Gasteiger partial charge in [-0.15, -0.1) is 0 Å². The largest absolute Gasteiger partial charge is 0.492 e. The van der Waals surface area contributed by atoms with Gasteiger partial charge in [-0.05, 0) is 31.4 Å². The van der Waals surface area contributed by atoms with Gasteiger partial charge in [0.2, 0.25) is 0 Å². The van der Waals surface area contributed by atoms with Gasteiger partial charge in [-0.1, -0.05) is 6.07 Å². The monoisotopic (exact) mass is 269 g/mol. The smallest absolute Gasteiger partial charge is 0.322 e. The number of nitrogens with zero attached hydrogens (tertiary/aromatic N) is 2. The van der Waals surface area contributed by atoms with E-state index >= 15 is 0 Å². The SMILES string of the molecule is Cc1ccc(Oc2ncc(N)cn2)c2c1OCC21CC1. The number of fused-ring (bicyclic) bond motifs is 2. The van der Waals surface area contributed by atoms with E-state index in [0.717, 1.165) is 36.5 Å². The number of nitrogen functional groups attached to an aromatic ring is 1. The molecule has 20 heavy (non-hydrogen) atoms. The fourth-order valence-corrected chi connectivity index (χ4v) is 2.75. The van der Waals surface area contributed by atoms with Crippen molar-refractivity contribution in [1.82, 2.24) is 9.97 Å². The zero-order valence-corrected chi connectivity index (χ0v) is 11.2. The molecule has 1 spiro atoms. The number of anilines is 1. The van der Waals surface area contributed by atoms with E-state index in [2.05, 4.69) is 16.9 Å². The summed E-state index contributed by atoms with van der Waals surface area (Å²) < 4.78 is 11.7. The molecule has 4 rings (SSSR count). The van der Waals surface area contributed by atoms with Crippen LogP contribution in [-0.2, 0) is 5.41 Å². The molecular formula is C15H15N3O2. The lowest BCUT2D eigenvalue weighted by Gasteiger charge is -2.12. The van der Waals surface area contributed by atoms with Crippen molar-refractivity contribution in [3.8, 4) is 17.5 Å². The van der Waals surface area contributed by atoms with Gasteiger partial charge in [-0.3, -0.25) is 0 Å². The molecule has 0 amide bonds. The number of aryl methyl sites for hydroxylation is 1. The van der Waals surface area contributed by atoms with Gasteiger partial charge in [-0.2, -0.15) is 0 Å². The summed E-state index contributed by atoms with van der Waals surface area (Å²) in [5, 5.41) is 0. The zero-order chi connectivity index (χ0) is 13.7. The molecule has 5 nitrogen and oxygen atoms in total. The maximum Gasteiger partial charge on any atom is 0.322 e. The summed E-state index contributed by atoms with van der Waals surface area (Å²) >= 11 is 0. The highest BCUT2D eigenvalue weighted by Crippen LogP contribution is 2.59. The summed E-state index contributed by atoms with van der Waals surface area (Å²) in [6.07, 6.45) is 5.39. The molecule has 0 saturated heterocycles. The Hall–Kier alpha value is -2.30. The van der Waals surface area contributed by atoms with Crippen LogP contribution < -0.4 is 15.2 Å². The summed E-state index contributed by atoms with van der Waals surface area (Å²) in [6.45, 7) is 2.82. The first-order valence-electron chi connectivity index (χ1n) is 6.70. The molecule has 1 aromatic heterocycles. The lowest BCUT2D eigenvalue weighted by atomic mass is 9.95. The van der Waals surface area contributed by atoms with Crippen LogP contribution in [0.15, 0.2) is 24.5 Å². The number of nitrogens with two attached hydrogens (primary N) is 1. The van der Waals surface area contributed by atoms with Gasteiger partial charge < -0.3 is 15.2 Å². The summed E-state index contributed by atoms with van der Waals surface area (Å²) in [6, 6.07) is 4.29. The third-order valence-electron chi connectivity index (χ3n) is 4.04. The van der Waals surface area contributed by atoms with E-state index in [4.69, 9.17) is 15.2 Å². The lowest BCUT2D eigenvalue weighted by Crippen LogP contribution is -2.08. The molecule has 0 unspecified atom stereocenters. The minimum Gasteiger partial charge on any atom is -0.492 e. The minimum absolute atomic E-state index is 0.157. The lowest BCUT2D eigenvalue weighted by molar-refractivity contribution is 0.321. The van der Waals surface area contributed by atoms with Crippen LogP contribution >= 0.6 is 0 Å². The summed E-state index contributed by atoms with van der Waals surface area (Å²) in [4.78, 5) is 8.18. The maximum absolute atomic E-state index is 5.86. The quantitative estimate of drug-likeness (QED) is 0.907. The van der Waals surface area contributed by atoms with Crippen molar-refractivity contribution >= 4 is 5.69 Å². The Bertz CT molecular complexity index is 678. The number of benzene rings is 1. The van der Waals surface area contributed by atoms with Crippen LogP contribution in [0.1, 0.15) is 24.0 Å². The predicted molar refractivity (Wildman–Crippen MR) is 74.1 cm³/mol. The van der Waals surface area contributed by atoms with E-state index in [1.54, 1.807) is 12.4 Å². The maximum atomic E-state index is 5.86. The van der Waals surface area contributed by atoms with Gasteiger partial charge in [0, 0.05) is 11.0 Å². The van der Waals surface area contributed by atoms with Crippen molar-refractivity contribution in [2.24, 2.45) is 0 Å². The fraction of sp³-hybridized carbons (Fsp3) is 0.333. The fourth-order valence-electron chi connectivity index (χ4n) is 2.75. The Morgan fingerprint density at radius 2 is 2.00 bits per heavy atom. The van der Waals surface area contributed by atoms with Gasteiger partial charge in [0.25, 0.3) is 0 Å². The Balaban J connectivity index is 1.76. The second kappa shape index (κ2) is 3.85. The zero-order valence-electron chi connectivity index (χ0n) is 11.2. The average molecular weight is 269 g/mol. The number of rotatable bonds is 2. The standard InChI is InChI=1S/C15H15N3O2/c1-9-2-3-11(20-14-17-6-10(16)7-18-14)12-13(9)19-8-15(12)4-5-15/h2-3,6-7H,4-5,8,16H2,1H3. The molecule has 2 aromatic rings. The number of aromatic nitrogens is 2. The molecule has 1 aliphatic carbocycles. The molecule has 5 heteroatoms. The third kappa shape index (κ3) is 1.62. The molecule has 0 atom stereocenters. The molecule has 2 aliphatic rings. The van der Waals surface area contributed by atoms with Crippen LogP contribution in [-0.4, -0.2) is 16.6 Å².